The van der Waals surface area contributed by atoms with Gasteiger partial charge in [0.15, 0.2) is 0 Å². The van der Waals surface area contributed by atoms with Crippen LogP contribution in [0.2, 0.25) is 0 Å². The van der Waals surface area contributed by atoms with E-state index in [1.54, 1.807) is 49.3 Å². The van der Waals surface area contributed by atoms with Crippen LogP contribution in [0.4, 0.5) is 5.69 Å². The number of morpholine rings is 1. The van der Waals surface area contributed by atoms with E-state index < -0.39 is 10.0 Å². The summed E-state index contributed by atoms with van der Waals surface area (Å²) in [5, 5.41) is 0. The molecule has 2 atom stereocenters. The van der Waals surface area contributed by atoms with E-state index in [2.05, 4.69) is 4.72 Å². The van der Waals surface area contributed by atoms with Crippen LogP contribution in [0.15, 0.2) is 47.4 Å². The van der Waals surface area contributed by atoms with Crippen molar-refractivity contribution in [3.63, 3.8) is 0 Å². The van der Waals surface area contributed by atoms with Gasteiger partial charge >= 0.3 is 0 Å². The summed E-state index contributed by atoms with van der Waals surface area (Å²) in [6.45, 7) is 6.59. The standard InChI is InChI=1S/C21H26N2O5S/c1-14-5-10-19(29(25,26)22-17-6-8-18(27-4)9-7-17)11-20(14)21(24)23-12-15(2)28-16(3)13-23/h5-11,15-16,22H,12-13H2,1-4H3/t15-,16-/m1/s1. The highest BCUT2D eigenvalue weighted by atomic mass is 32.2. The Labute approximate surface area is 171 Å². The first-order valence-electron chi connectivity index (χ1n) is 9.42. The summed E-state index contributed by atoms with van der Waals surface area (Å²) >= 11 is 0. The van der Waals surface area contributed by atoms with Gasteiger partial charge in [0.2, 0.25) is 0 Å². The number of carbonyl (C=O) groups excluding carboxylic acids is 1. The normalized spacial score (nSPS) is 19.7. The van der Waals surface area contributed by atoms with E-state index in [-0.39, 0.29) is 23.0 Å². The Balaban J connectivity index is 1.86. The minimum Gasteiger partial charge on any atom is -0.497 e. The van der Waals surface area contributed by atoms with Crippen LogP contribution in [0.5, 0.6) is 5.75 Å². The second kappa shape index (κ2) is 8.42. The van der Waals surface area contributed by atoms with Crippen molar-refractivity contribution in [3.8, 4) is 5.75 Å². The predicted octanol–water partition coefficient (Wildman–Crippen LogP) is 3.05. The highest BCUT2D eigenvalue weighted by Crippen LogP contribution is 2.23. The average Bonchev–Trinajstić information content (AvgIpc) is 2.67. The lowest BCUT2D eigenvalue weighted by Crippen LogP contribution is -2.48. The van der Waals surface area contributed by atoms with Crippen LogP contribution in [0.1, 0.15) is 29.8 Å². The van der Waals surface area contributed by atoms with Crippen molar-refractivity contribution in [2.24, 2.45) is 0 Å². The summed E-state index contributed by atoms with van der Waals surface area (Å²) in [6.07, 6.45) is -0.127. The number of hydrogen-bond donors (Lipinski definition) is 1. The number of aryl methyl sites for hydroxylation is 1. The molecule has 1 amide bonds. The molecule has 8 heteroatoms. The van der Waals surface area contributed by atoms with E-state index in [0.29, 0.717) is 30.1 Å². The predicted molar refractivity (Wildman–Crippen MR) is 111 cm³/mol. The Morgan fingerprint density at radius 2 is 1.72 bits per heavy atom. The minimum absolute atomic E-state index is 0.0385. The van der Waals surface area contributed by atoms with Gasteiger partial charge in [0.05, 0.1) is 24.2 Å². The highest BCUT2D eigenvalue weighted by molar-refractivity contribution is 7.92. The topological polar surface area (TPSA) is 84.9 Å². The summed E-state index contributed by atoms with van der Waals surface area (Å²) in [6, 6.07) is 11.2. The molecule has 3 rings (SSSR count). The number of nitrogens with one attached hydrogen (secondary N) is 1. The van der Waals surface area contributed by atoms with Gasteiger partial charge in [-0.15, -0.1) is 0 Å². The third-order valence-corrected chi connectivity index (χ3v) is 6.18. The number of anilines is 1. The van der Waals surface area contributed by atoms with Crippen molar-refractivity contribution in [1.82, 2.24) is 4.90 Å². The quantitative estimate of drug-likeness (QED) is 0.807. The van der Waals surface area contributed by atoms with Gasteiger partial charge < -0.3 is 14.4 Å². The van der Waals surface area contributed by atoms with Crippen LogP contribution in [0, 0.1) is 6.92 Å². The zero-order valence-electron chi connectivity index (χ0n) is 17.0. The summed E-state index contributed by atoms with van der Waals surface area (Å²) in [4.78, 5) is 14.8. The monoisotopic (exact) mass is 418 g/mol. The molecule has 0 aromatic heterocycles. The summed E-state index contributed by atoms with van der Waals surface area (Å²) < 4.78 is 39.0. The number of sulfonamides is 1. The van der Waals surface area contributed by atoms with Gasteiger partial charge in [-0.3, -0.25) is 9.52 Å². The average molecular weight is 419 g/mol. The van der Waals surface area contributed by atoms with Crippen molar-refractivity contribution in [3.05, 3.63) is 53.6 Å². The van der Waals surface area contributed by atoms with E-state index in [9.17, 15) is 13.2 Å². The van der Waals surface area contributed by atoms with E-state index in [1.165, 1.54) is 12.1 Å². The highest BCUT2D eigenvalue weighted by Gasteiger charge is 2.28. The molecule has 156 valence electrons. The van der Waals surface area contributed by atoms with Crippen LogP contribution in [-0.4, -0.2) is 51.6 Å². The van der Waals surface area contributed by atoms with Crippen molar-refractivity contribution >= 4 is 21.6 Å². The van der Waals surface area contributed by atoms with Crippen molar-refractivity contribution in [2.75, 3.05) is 24.9 Å². The largest absolute Gasteiger partial charge is 0.497 e. The molecule has 0 saturated carbocycles. The van der Waals surface area contributed by atoms with Crippen LogP contribution in [0.25, 0.3) is 0 Å². The molecule has 0 unspecified atom stereocenters. The maximum Gasteiger partial charge on any atom is 0.261 e. The molecule has 2 aromatic rings. The molecular weight excluding hydrogens is 392 g/mol. The first kappa shape index (κ1) is 21.1. The molecule has 1 heterocycles. The lowest BCUT2D eigenvalue weighted by atomic mass is 10.1. The first-order chi connectivity index (χ1) is 13.7. The molecule has 1 saturated heterocycles. The van der Waals surface area contributed by atoms with E-state index in [0.717, 1.165) is 5.56 Å². The van der Waals surface area contributed by atoms with Gasteiger partial charge in [0, 0.05) is 24.3 Å². The molecule has 0 bridgehead atoms. The fourth-order valence-corrected chi connectivity index (χ4v) is 4.47. The van der Waals surface area contributed by atoms with Gasteiger partial charge in [0.1, 0.15) is 5.75 Å². The molecule has 2 aromatic carbocycles. The number of rotatable bonds is 5. The maximum atomic E-state index is 13.1. The molecule has 0 radical (unpaired) electrons. The maximum absolute atomic E-state index is 13.1. The van der Waals surface area contributed by atoms with Gasteiger partial charge in [-0.2, -0.15) is 0 Å². The second-order valence-corrected chi connectivity index (χ2v) is 8.96. The second-order valence-electron chi connectivity index (χ2n) is 7.28. The van der Waals surface area contributed by atoms with Gasteiger partial charge in [-0.1, -0.05) is 6.07 Å². The lowest BCUT2D eigenvalue weighted by molar-refractivity contribution is -0.0586. The molecule has 7 nitrogen and oxygen atoms in total. The Bertz CT molecular complexity index is 979. The van der Waals surface area contributed by atoms with Crippen molar-refractivity contribution in [1.29, 1.82) is 0 Å². The fraction of sp³-hybridized carbons (Fsp3) is 0.381. The summed E-state index contributed by atoms with van der Waals surface area (Å²) in [5.74, 6) is 0.441. The number of methoxy groups -OCH3 is 1. The fourth-order valence-electron chi connectivity index (χ4n) is 3.39. The number of nitrogens with zero attached hydrogens (tertiary/aromatic N) is 1. The smallest absolute Gasteiger partial charge is 0.261 e. The van der Waals surface area contributed by atoms with Crippen molar-refractivity contribution in [2.45, 2.75) is 37.9 Å². The number of amides is 1. The molecule has 1 aliphatic rings. The van der Waals surface area contributed by atoms with Crippen LogP contribution in [0.3, 0.4) is 0 Å². The number of ether oxygens (including phenoxy) is 2. The van der Waals surface area contributed by atoms with E-state index in [1.807, 2.05) is 13.8 Å². The summed E-state index contributed by atoms with van der Waals surface area (Å²) in [7, 11) is -2.30. The molecule has 0 spiro atoms. The third-order valence-electron chi connectivity index (χ3n) is 4.80. The first-order valence-corrected chi connectivity index (χ1v) is 10.9. The van der Waals surface area contributed by atoms with Gasteiger partial charge in [-0.05, 0) is 62.7 Å². The Morgan fingerprint density at radius 3 is 2.31 bits per heavy atom. The van der Waals surface area contributed by atoms with Crippen molar-refractivity contribution < 1.29 is 22.7 Å². The Kier molecular flexibility index (Phi) is 6.14. The van der Waals surface area contributed by atoms with E-state index >= 15 is 0 Å². The number of carbonyl (C=O) groups is 1. The third kappa shape index (κ3) is 4.89. The van der Waals surface area contributed by atoms with Gasteiger partial charge in [0.25, 0.3) is 15.9 Å². The Hall–Kier alpha value is -2.58. The van der Waals surface area contributed by atoms with Crippen LogP contribution >= 0.6 is 0 Å². The molecular formula is C21H26N2O5S. The zero-order chi connectivity index (χ0) is 21.2. The van der Waals surface area contributed by atoms with Crippen LogP contribution < -0.4 is 9.46 Å². The van der Waals surface area contributed by atoms with E-state index in [4.69, 9.17) is 9.47 Å². The van der Waals surface area contributed by atoms with Gasteiger partial charge in [-0.25, -0.2) is 8.42 Å². The summed E-state index contributed by atoms with van der Waals surface area (Å²) in [5.41, 5.74) is 1.52. The number of benzene rings is 2. The molecule has 0 aliphatic carbocycles. The lowest BCUT2D eigenvalue weighted by Gasteiger charge is -2.35. The zero-order valence-corrected chi connectivity index (χ0v) is 17.8. The number of hydrogen-bond acceptors (Lipinski definition) is 5. The molecule has 1 fully saturated rings. The minimum atomic E-state index is -3.84. The molecule has 29 heavy (non-hydrogen) atoms. The SMILES string of the molecule is COc1ccc(NS(=O)(=O)c2ccc(C)c(C(=O)N3C[C@@H](C)O[C@H](C)C3)c2)cc1. The molecule has 1 N–H and O–H groups in total. The van der Waals surface area contributed by atoms with Crippen LogP contribution in [-0.2, 0) is 14.8 Å². The Morgan fingerprint density at radius 1 is 1.10 bits per heavy atom. The molecule has 1 aliphatic heterocycles.